The highest BCUT2D eigenvalue weighted by Gasteiger charge is 2.19. The first kappa shape index (κ1) is 14.2. The first-order valence-corrected chi connectivity index (χ1v) is 7.36. The fourth-order valence-electron chi connectivity index (χ4n) is 1.86. The van der Waals surface area contributed by atoms with Crippen LogP contribution in [0.1, 0.15) is 16.8 Å². The summed E-state index contributed by atoms with van der Waals surface area (Å²) in [6.07, 6.45) is 0. The molecule has 0 N–H and O–H groups in total. The van der Waals surface area contributed by atoms with Crippen molar-refractivity contribution in [3.63, 3.8) is 0 Å². The van der Waals surface area contributed by atoms with Crippen LogP contribution in [0.15, 0.2) is 57.5 Å². The molecule has 3 aromatic rings. The Morgan fingerprint density at radius 2 is 1.90 bits per heavy atom. The van der Waals surface area contributed by atoms with Gasteiger partial charge in [0.05, 0.1) is 4.47 Å². The molecule has 21 heavy (non-hydrogen) atoms. The second-order valence-corrected chi connectivity index (χ2v) is 5.65. The van der Waals surface area contributed by atoms with Gasteiger partial charge in [-0.05, 0) is 39.7 Å². The molecule has 0 fully saturated rings. The van der Waals surface area contributed by atoms with E-state index < -0.39 is 5.38 Å². The SMILES string of the molecule is Fc1ccc(-c2noc(C(Cl)c3ccccc3)n2)cc1Br. The first-order chi connectivity index (χ1) is 10.1. The number of rotatable bonds is 3. The number of benzene rings is 2. The molecule has 2 aromatic carbocycles. The Labute approximate surface area is 133 Å². The van der Waals surface area contributed by atoms with Crippen molar-refractivity contribution >= 4 is 27.5 Å². The van der Waals surface area contributed by atoms with Crippen molar-refractivity contribution in [1.29, 1.82) is 0 Å². The van der Waals surface area contributed by atoms with Gasteiger partial charge in [0.1, 0.15) is 11.2 Å². The third-order valence-electron chi connectivity index (χ3n) is 2.93. The van der Waals surface area contributed by atoms with Crippen LogP contribution in [-0.4, -0.2) is 10.1 Å². The van der Waals surface area contributed by atoms with E-state index in [4.69, 9.17) is 16.1 Å². The van der Waals surface area contributed by atoms with Crippen molar-refractivity contribution in [1.82, 2.24) is 10.1 Å². The van der Waals surface area contributed by atoms with Crippen molar-refractivity contribution in [2.45, 2.75) is 5.38 Å². The largest absolute Gasteiger partial charge is 0.337 e. The summed E-state index contributed by atoms with van der Waals surface area (Å²) in [6.45, 7) is 0. The van der Waals surface area contributed by atoms with E-state index in [1.165, 1.54) is 6.07 Å². The predicted molar refractivity (Wildman–Crippen MR) is 81.5 cm³/mol. The minimum absolute atomic E-state index is 0.304. The third-order valence-corrected chi connectivity index (χ3v) is 3.97. The summed E-state index contributed by atoms with van der Waals surface area (Å²) in [5.41, 5.74) is 1.52. The molecule has 1 atom stereocenters. The van der Waals surface area contributed by atoms with Gasteiger partial charge in [-0.1, -0.05) is 35.5 Å². The normalized spacial score (nSPS) is 12.3. The fourth-order valence-corrected chi connectivity index (χ4v) is 2.47. The van der Waals surface area contributed by atoms with Crippen LogP contribution < -0.4 is 0 Å². The van der Waals surface area contributed by atoms with Crippen LogP contribution in [0.2, 0.25) is 0 Å². The van der Waals surface area contributed by atoms with Crippen molar-refractivity contribution in [2.24, 2.45) is 0 Å². The molecule has 0 aliphatic rings. The number of hydrogen-bond donors (Lipinski definition) is 0. The van der Waals surface area contributed by atoms with Gasteiger partial charge >= 0.3 is 0 Å². The van der Waals surface area contributed by atoms with E-state index in [-0.39, 0.29) is 5.82 Å². The smallest absolute Gasteiger partial charge is 0.249 e. The summed E-state index contributed by atoms with van der Waals surface area (Å²) in [4.78, 5) is 4.27. The highest BCUT2D eigenvalue weighted by Crippen LogP contribution is 2.29. The quantitative estimate of drug-likeness (QED) is 0.614. The molecule has 0 amide bonds. The van der Waals surface area contributed by atoms with E-state index in [0.29, 0.717) is 21.8 Å². The molecular formula is C15H9BrClFN2O. The molecule has 6 heteroatoms. The van der Waals surface area contributed by atoms with Crippen molar-refractivity contribution in [3.05, 3.63) is 70.3 Å². The average molecular weight is 368 g/mol. The predicted octanol–water partition coefficient (Wildman–Crippen LogP) is 4.97. The lowest BCUT2D eigenvalue weighted by atomic mass is 10.1. The Morgan fingerprint density at radius 3 is 2.62 bits per heavy atom. The molecule has 0 aliphatic heterocycles. The second kappa shape index (κ2) is 5.95. The maximum Gasteiger partial charge on any atom is 0.249 e. The number of aromatic nitrogens is 2. The summed E-state index contributed by atoms with van der Waals surface area (Å²) >= 11 is 9.45. The minimum Gasteiger partial charge on any atom is -0.337 e. The van der Waals surface area contributed by atoms with Crippen molar-refractivity contribution in [3.8, 4) is 11.4 Å². The van der Waals surface area contributed by atoms with Gasteiger partial charge in [0.2, 0.25) is 11.7 Å². The Morgan fingerprint density at radius 1 is 1.14 bits per heavy atom. The summed E-state index contributed by atoms with van der Waals surface area (Å²) in [7, 11) is 0. The molecule has 3 rings (SSSR count). The third kappa shape index (κ3) is 2.99. The van der Waals surface area contributed by atoms with E-state index in [2.05, 4.69) is 26.1 Å². The van der Waals surface area contributed by atoms with Gasteiger partial charge in [-0.25, -0.2) is 4.39 Å². The lowest BCUT2D eigenvalue weighted by Gasteiger charge is -2.03. The number of hydrogen-bond acceptors (Lipinski definition) is 3. The molecule has 0 spiro atoms. The number of halogens is 3. The van der Waals surface area contributed by atoms with Gasteiger partial charge in [-0.3, -0.25) is 0 Å². The van der Waals surface area contributed by atoms with Crippen LogP contribution in [0.3, 0.4) is 0 Å². The standard InChI is InChI=1S/C15H9BrClFN2O/c16-11-8-10(6-7-12(11)18)14-19-15(21-20-14)13(17)9-4-2-1-3-5-9/h1-8,13H. The molecule has 1 unspecified atom stereocenters. The summed E-state index contributed by atoms with van der Waals surface area (Å²) in [5, 5.41) is 3.37. The zero-order chi connectivity index (χ0) is 14.8. The van der Waals surface area contributed by atoms with Crippen molar-refractivity contribution in [2.75, 3.05) is 0 Å². The molecule has 0 radical (unpaired) electrons. The van der Waals surface area contributed by atoms with Crippen LogP contribution in [0.4, 0.5) is 4.39 Å². The van der Waals surface area contributed by atoms with E-state index in [1.807, 2.05) is 30.3 Å². The molecule has 0 saturated carbocycles. The molecule has 1 aromatic heterocycles. The highest BCUT2D eigenvalue weighted by molar-refractivity contribution is 9.10. The summed E-state index contributed by atoms with van der Waals surface area (Å²) in [5.74, 6) is 0.326. The summed E-state index contributed by atoms with van der Waals surface area (Å²) in [6, 6.07) is 14.0. The van der Waals surface area contributed by atoms with Crippen LogP contribution in [0.25, 0.3) is 11.4 Å². The Hall–Kier alpha value is -1.72. The summed E-state index contributed by atoms with van der Waals surface area (Å²) < 4.78 is 18.8. The Kier molecular flexibility index (Phi) is 4.03. The van der Waals surface area contributed by atoms with Gasteiger partial charge in [0.25, 0.3) is 0 Å². The zero-order valence-corrected chi connectivity index (χ0v) is 13.0. The molecule has 0 bridgehead atoms. The first-order valence-electron chi connectivity index (χ1n) is 6.13. The van der Waals surface area contributed by atoms with E-state index in [9.17, 15) is 4.39 Å². The lowest BCUT2D eigenvalue weighted by Crippen LogP contribution is -1.93. The Bertz CT molecular complexity index is 763. The molecule has 0 aliphatic carbocycles. The maximum absolute atomic E-state index is 13.2. The number of nitrogens with zero attached hydrogens (tertiary/aromatic N) is 2. The Balaban J connectivity index is 1.91. The monoisotopic (exact) mass is 366 g/mol. The lowest BCUT2D eigenvalue weighted by molar-refractivity contribution is 0.383. The van der Waals surface area contributed by atoms with Crippen molar-refractivity contribution < 1.29 is 8.91 Å². The van der Waals surface area contributed by atoms with Gasteiger partial charge in [-0.15, -0.1) is 11.6 Å². The van der Waals surface area contributed by atoms with E-state index >= 15 is 0 Å². The van der Waals surface area contributed by atoms with Crippen LogP contribution >= 0.6 is 27.5 Å². The second-order valence-electron chi connectivity index (χ2n) is 4.36. The van der Waals surface area contributed by atoms with E-state index in [0.717, 1.165) is 5.56 Å². The molecule has 3 nitrogen and oxygen atoms in total. The highest BCUT2D eigenvalue weighted by atomic mass is 79.9. The van der Waals surface area contributed by atoms with Crippen LogP contribution in [0, 0.1) is 5.82 Å². The molecule has 1 heterocycles. The van der Waals surface area contributed by atoms with Gasteiger partial charge in [0, 0.05) is 5.56 Å². The molecular weight excluding hydrogens is 359 g/mol. The molecule has 0 saturated heterocycles. The van der Waals surface area contributed by atoms with E-state index in [1.54, 1.807) is 12.1 Å². The minimum atomic E-state index is -0.517. The average Bonchev–Trinajstić information content (AvgIpc) is 3.00. The van der Waals surface area contributed by atoms with Crippen LogP contribution in [-0.2, 0) is 0 Å². The topological polar surface area (TPSA) is 38.9 Å². The van der Waals surface area contributed by atoms with Crippen LogP contribution in [0.5, 0.6) is 0 Å². The zero-order valence-electron chi connectivity index (χ0n) is 10.6. The fraction of sp³-hybridized carbons (Fsp3) is 0.0667. The van der Waals surface area contributed by atoms with Gasteiger partial charge < -0.3 is 4.52 Å². The number of alkyl halides is 1. The molecule has 106 valence electrons. The van der Waals surface area contributed by atoms with Gasteiger partial charge in [-0.2, -0.15) is 4.98 Å². The van der Waals surface area contributed by atoms with Gasteiger partial charge in [0.15, 0.2) is 0 Å². The maximum atomic E-state index is 13.2.